The van der Waals surface area contributed by atoms with Gasteiger partial charge in [0.05, 0.1) is 23.6 Å². The summed E-state index contributed by atoms with van der Waals surface area (Å²) in [6, 6.07) is 17.0. The first-order valence-corrected chi connectivity index (χ1v) is 6.16. The molecular weight excluding hydrogens is 239 g/mol. The van der Waals surface area contributed by atoms with Gasteiger partial charge in [-0.15, -0.1) is 0 Å². The summed E-state index contributed by atoms with van der Waals surface area (Å²) >= 11 is 0. The molecule has 0 aromatic heterocycles. The Hall–Kier alpha value is -2.42. The summed E-state index contributed by atoms with van der Waals surface area (Å²) in [5.41, 5.74) is 2.99. The molecule has 3 heteroatoms. The Labute approximate surface area is 111 Å². The lowest BCUT2D eigenvalue weighted by Gasteiger charge is -2.16. The summed E-state index contributed by atoms with van der Waals surface area (Å²) in [4.78, 5) is 4.35. The lowest BCUT2D eigenvalue weighted by molar-refractivity contribution is 0.686. The minimum Gasteiger partial charge on any atom is -0.378 e. The van der Waals surface area contributed by atoms with Crippen LogP contribution in [0.1, 0.15) is 5.56 Å². The number of nitrogens with one attached hydrogen (secondary N) is 1. The number of para-hydroxylation sites is 2. The van der Waals surface area contributed by atoms with Crippen molar-refractivity contribution in [1.82, 2.24) is 0 Å². The second kappa shape index (κ2) is 5.06. The van der Waals surface area contributed by atoms with Crippen LogP contribution in [0.25, 0.3) is 6.08 Å². The normalized spacial score (nSPS) is 14.4. The molecule has 1 aliphatic heterocycles. The first-order chi connectivity index (χ1) is 9.33. The second-order valence-corrected chi connectivity index (χ2v) is 4.33. The van der Waals surface area contributed by atoms with Crippen molar-refractivity contribution >= 4 is 23.2 Å². The Morgan fingerprint density at radius 3 is 2.63 bits per heavy atom. The standard InChI is InChI=1S/C16H13FN2/c17-13(10-12-6-2-1-3-7-12)16-11-18-14-8-4-5-9-15(14)19-16/h1-10,18H,11H2. The molecular formula is C16H13FN2. The molecule has 94 valence electrons. The summed E-state index contributed by atoms with van der Waals surface area (Å²) in [5.74, 6) is -0.298. The van der Waals surface area contributed by atoms with Crippen LogP contribution in [0.15, 0.2) is 65.4 Å². The summed E-state index contributed by atoms with van der Waals surface area (Å²) in [7, 11) is 0. The maximum absolute atomic E-state index is 14.2. The molecule has 0 radical (unpaired) electrons. The molecule has 2 aromatic rings. The van der Waals surface area contributed by atoms with Crippen molar-refractivity contribution in [3.63, 3.8) is 0 Å². The van der Waals surface area contributed by atoms with E-state index in [0.29, 0.717) is 12.3 Å². The fourth-order valence-electron chi connectivity index (χ4n) is 2.00. The molecule has 0 bridgehead atoms. The van der Waals surface area contributed by atoms with Crippen LogP contribution in [0.4, 0.5) is 15.8 Å². The predicted octanol–water partition coefficient (Wildman–Crippen LogP) is 4.20. The average Bonchev–Trinajstić information content (AvgIpc) is 2.48. The van der Waals surface area contributed by atoms with Gasteiger partial charge < -0.3 is 5.32 Å². The number of halogens is 1. The summed E-state index contributed by atoms with van der Waals surface area (Å²) in [5, 5.41) is 3.17. The molecule has 2 nitrogen and oxygen atoms in total. The molecule has 0 saturated carbocycles. The van der Waals surface area contributed by atoms with Crippen molar-refractivity contribution in [3.8, 4) is 0 Å². The highest BCUT2D eigenvalue weighted by atomic mass is 19.1. The first-order valence-electron chi connectivity index (χ1n) is 6.16. The van der Waals surface area contributed by atoms with Crippen molar-refractivity contribution in [2.75, 3.05) is 11.9 Å². The highest BCUT2D eigenvalue weighted by Crippen LogP contribution is 2.28. The van der Waals surface area contributed by atoms with E-state index in [2.05, 4.69) is 10.3 Å². The van der Waals surface area contributed by atoms with Crippen molar-refractivity contribution in [3.05, 3.63) is 66.0 Å². The maximum atomic E-state index is 14.2. The monoisotopic (exact) mass is 252 g/mol. The Kier molecular flexibility index (Phi) is 3.11. The highest BCUT2D eigenvalue weighted by Gasteiger charge is 2.13. The third-order valence-corrected chi connectivity index (χ3v) is 2.97. The van der Waals surface area contributed by atoms with E-state index in [-0.39, 0.29) is 5.83 Å². The van der Waals surface area contributed by atoms with Crippen molar-refractivity contribution in [2.24, 2.45) is 4.99 Å². The van der Waals surface area contributed by atoms with E-state index in [0.717, 1.165) is 16.9 Å². The topological polar surface area (TPSA) is 24.4 Å². The molecule has 0 saturated heterocycles. The zero-order valence-electron chi connectivity index (χ0n) is 10.3. The summed E-state index contributed by atoms with van der Waals surface area (Å²) in [6.07, 6.45) is 1.51. The fourth-order valence-corrected chi connectivity index (χ4v) is 2.00. The molecule has 1 heterocycles. The van der Waals surface area contributed by atoms with Crippen LogP contribution in [0, 0.1) is 0 Å². The molecule has 2 aromatic carbocycles. The minimum absolute atomic E-state index is 0.298. The third kappa shape index (κ3) is 2.55. The number of fused-ring (bicyclic) bond motifs is 1. The van der Waals surface area contributed by atoms with Gasteiger partial charge in [0.1, 0.15) is 5.83 Å². The number of benzene rings is 2. The van der Waals surface area contributed by atoms with Gasteiger partial charge in [-0.1, -0.05) is 42.5 Å². The van der Waals surface area contributed by atoms with E-state index in [1.54, 1.807) is 0 Å². The van der Waals surface area contributed by atoms with Crippen LogP contribution in [-0.4, -0.2) is 12.3 Å². The predicted molar refractivity (Wildman–Crippen MR) is 77.6 cm³/mol. The van der Waals surface area contributed by atoms with E-state index in [1.807, 2.05) is 54.6 Å². The van der Waals surface area contributed by atoms with Gasteiger partial charge in [-0.3, -0.25) is 0 Å². The molecule has 0 fully saturated rings. The van der Waals surface area contributed by atoms with E-state index in [1.165, 1.54) is 6.08 Å². The first kappa shape index (κ1) is 11.7. The van der Waals surface area contributed by atoms with Crippen LogP contribution in [0.5, 0.6) is 0 Å². The lowest BCUT2D eigenvalue weighted by Crippen LogP contribution is -2.17. The van der Waals surface area contributed by atoms with Crippen molar-refractivity contribution in [2.45, 2.75) is 0 Å². The second-order valence-electron chi connectivity index (χ2n) is 4.33. The molecule has 1 aliphatic rings. The maximum Gasteiger partial charge on any atom is 0.147 e. The molecule has 0 atom stereocenters. The smallest absolute Gasteiger partial charge is 0.147 e. The van der Waals surface area contributed by atoms with Crippen LogP contribution in [0.3, 0.4) is 0 Å². The molecule has 0 spiro atoms. The van der Waals surface area contributed by atoms with Gasteiger partial charge in [-0.25, -0.2) is 9.38 Å². The Morgan fingerprint density at radius 2 is 1.79 bits per heavy atom. The van der Waals surface area contributed by atoms with Gasteiger partial charge in [0.2, 0.25) is 0 Å². The molecule has 1 N–H and O–H groups in total. The quantitative estimate of drug-likeness (QED) is 0.851. The van der Waals surface area contributed by atoms with Gasteiger partial charge in [-0.05, 0) is 23.8 Å². The zero-order chi connectivity index (χ0) is 13.1. The SMILES string of the molecule is FC(=Cc1ccccc1)C1=Nc2ccccc2NC1. The van der Waals surface area contributed by atoms with Crippen LogP contribution < -0.4 is 5.32 Å². The number of rotatable bonds is 2. The highest BCUT2D eigenvalue weighted by molar-refractivity contribution is 6.07. The molecule has 0 aliphatic carbocycles. The number of aliphatic imine (C=N–C) groups is 1. The average molecular weight is 252 g/mol. The Morgan fingerprint density at radius 1 is 1.05 bits per heavy atom. The van der Waals surface area contributed by atoms with E-state index in [9.17, 15) is 4.39 Å². The molecule has 0 amide bonds. The summed E-state index contributed by atoms with van der Waals surface area (Å²) in [6.45, 7) is 0.409. The van der Waals surface area contributed by atoms with E-state index in [4.69, 9.17) is 0 Å². The van der Waals surface area contributed by atoms with Crippen LogP contribution in [0.2, 0.25) is 0 Å². The van der Waals surface area contributed by atoms with Gasteiger partial charge in [0.15, 0.2) is 0 Å². The number of nitrogens with zero attached hydrogens (tertiary/aromatic N) is 1. The van der Waals surface area contributed by atoms with Gasteiger partial charge in [0, 0.05) is 0 Å². The van der Waals surface area contributed by atoms with Crippen LogP contribution >= 0.6 is 0 Å². The number of anilines is 1. The van der Waals surface area contributed by atoms with Gasteiger partial charge in [0.25, 0.3) is 0 Å². The van der Waals surface area contributed by atoms with E-state index < -0.39 is 0 Å². The minimum atomic E-state index is -0.298. The fraction of sp³-hybridized carbons (Fsp3) is 0.0625. The van der Waals surface area contributed by atoms with Crippen LogP contribution in [-0.2, 0) is 0 Å². The lowest BCUT2D eigenvalue weighted by atomic mass is 10.1. The molecule has 3 rings (SSSR count). The largest absolute Gasteiger partial charge is 0.378 e. The molecule has 19 heavy (non-hydrogen) atoms. The summed E-state index contributed by atoms with van der Waals surface area (Å²) < 4.78 is 14.2. The van der Waals surface area contributed by atoms with Gasteiger partial charge in [-0.2, -0.15) is 0 Å². The van der Waals surface area contributed by atoms with Crippen molar-refractivity contribution < 1.29 is 4.39 Å². The molecule has 0 unspecified atom stereocenters. The number of hydrogen-bond donors (Lipinski definition) is 1. The third-order valence-electron chi connectivity index (χ3n) is 2.97. The number of hydrogen-bond acceptors (Lipinski definition) is 2. The zero-order valence-corrected chi connectivity index (χ0v) is 10.3. The van der Waals surface area contributed by atoms with E-state index >= 15 is 0 Å². The van der Waals surface area contributed by atoms with Crippen molar-refractivity contribution in [1.29, 1.82) is 0 Å². The Balaban J connectivity index is 1.92. The van der Waals surface area contributed by atoms with Gasteiger partial charge >= 0.3 is 0 Å². The Bertz CT molecular complexity index is 645.